The molecule has 0 saturated heterocycles. The van der Waals surface area contributed by atoms with Crippen LogP contribution in [-0.2, 0) is 0 Å². The average molecular weight is 253 g/mol. The molecule has 0 radical (unpaired) electrons. The van der Waals surface area contributed by atoms with Gasteiger partial charge in [-0.2, -0.15) is 4.74 Å². The Morgan fingerprint density at radius 3 is 2.53 bits per heavy atom. The number of nitrogens with zero attached hydrogens (tertiary/aromatic N) is 1. The molecule has 1 aliphatic rings. The van der Waals surface area contributed by atoms with E-state index in [1.807, 2.05) is 61.5 Å². The molecule has 3 nitrogen and oxygen atoms in total. The SMILES string of the molecule is CC1COc2ccccc2C(c2ccccc2)=[N+]1[O-]. The minimum Gasteiger partial charge on any atom is -0.623 e. The van der Waals surface area contributed by atoms with Gasteiger partial charge in [0.2, 0.25) is 5.71 Å². The Morgan fingerprint density at radius 1 is 1.05 bits per heavy atom. The fraction of sp³-hybridized carbons (Fsp3) is 0.188. The smallest absolute Gasteiger partial charge is 0.229 e. The second kappa shape index (κ2) is 4.76. The van der Waals surface area contributed by atoms with Crippen LogP contribution in [0.4, 0.5) is 0 Å². The summed E-state index contributed by atoms with van der Waals surface area (Å²) in [4.78, 5) is 0. The van der Waals surface area contributed by atoms with E-state index in [0.717, 1.165) is 21.6 Å². The van der Waals surface area contributed by atoms with E-state index in [1.165, 1.54) is 0 Å². The van der Waals surface area contributed by atoms with Crippen molar-refractivity contribution < 1.29 is 9.48 Å². The van der Waals surface area contributed by atoms with Crippen LogP contribution in [0.25, 0.3) is 0 Å². The van der Waals surface area contributed by atoms with Crippen LogP contribution in [0.15, 0.2) is 54.6 Å². The molecule has 3 rings (SSSR count). The molecule has 0 aromatic heterocycles. The van der Waals surface area contributed by atoms with Crippen LogP contribution in [0.1, 0.15) is 18.1 Å². The number of hydroxylamine groups is 1. The highest BCUT2D eigenvalue weighted by atomic mass is 16.5. The molecule has 1 heterocycles. The number of hydrogen-bond acceptors (Lipinski definition) is 2. The number of para-hydroxylation sites is 1. The molecule has 2 aromatic rings. The van der Waals surface area contributed by atoms with Gasteiger partial charge in [-0.15, -0.1) is 0 Å². The van der Waals surface area contributed by atoms with Crippen LogP contribution in [0, 0.1) is 5.21 Å². The fourth-order valence-corrected chi connectivity index (χ4v) is 2.28. The van der Waals surface area contributed by atoms with Gasteiger partial charge in [0.1, 0.15) is 5.75 Å². The lowest BCUT2D eigenvalue weighted by Crippen LogP contribution is -2.28. The highest BCUT2D eigenvalue weighted by molar-refractivity contribution is 6.11. The van der Waals surface area contributed by atoms with E-state index in [1.54, 1.807) is 0 Å². The average Bonchev–Trinajstić information content (AvgIpc) is 2.58. The molecule has 96 valence electrons. The molecule has 1 unspecified atom stereocenters. The molecule has 0 saturated carbocycles. The molecule has 0 bridgehead atoms. The van der Waals surface area contributed by atoms with E-state index < -0.39 is 0 Å². The van der Waals surface area contributed by atoms with Gasteiger partial charge in [-0.1, -0.05) is 30.3 Å². The van der Waals surface area contributed by atoms with Crippen LogP contribution < -0.4 is 4.74 Å². The summed E-state index contributed by atoms with van der Waals surface area (Å²) in [6, 6.07) is 17.2. The Hall–Kier alpha value is -2.29. The lowest BCUT2D eigenvalue weighted by molar-refractivity contribution is -0.497. The number of fused-ring (bicyclic) bond motifs is 1. The first kappa shape index (κ1) is 11.8. The number of rotatable bonds is 1. The van der Waals surface area contributed by atoms with Gasteiger partial charge in [0.25, 0.3) is 0 Å². The summed E-state index contributed by atoms with van der Waals surface area (Å²) >= 11 is 0. The molecule has 0 aliphatic carbocycles. The summed E-state index contributed by atoms with van der Waals surface area (Å²) in [5, 5.41) is 12.5. The van der Waals surface area contributed by atoms with E-state index in [9.17, 15) is 5.21 Å². The Bertz CT molecular complexity index is 620. The van der Waals surface area contributed by atoms with Gasteiger partial charge in [-0.3, -0.25) is 0 Å². The lowest BCUT2D eigenvalue weighted by atomic mass is 10.0. The fourth-order valence-electron chi connectivity index (χ4n) is 2.28. The van der Waals surface area contributed by atoms with Gasteiger partial charge in [0.05, 0.1) is 5.56 Å². The first-order valence-corrected chi connectivity index (χ1v) is 6.38. The van der Waals surface area contributed by atoms with E-state index in [2.05, 4.69) is 0 Å². The van der Waals surface area contributed by atoms with Gasteiger partial charge in [-0.05, 0) is 24.3 Å². The quantitative estimate of drug-likeness (QED) is 0.578. The molecule has 0 spiro atoms. The summed E-state index contributed by atoms with van der Waals surface area (Å²) in [6.45, 7) is 2.28. The zero-order valence-corrected chi connectivity index (χ0v) is 10.7. The third-order valence-electron chi connectivity index (χ3n) is 3.29. The van der Waals surface area contributed by atoms with Crippen molar-refractivity contribution in [3.63, 3.8) is 0 Å². The van der Waals surface area contributed by atoms with E-state index in [4.69, 9.17) is 4.74 Å². The van der Waals surface area contributed by atoms with Crippen molar-refractivity contribution in [2.75, 3.05) is 6.61 Å². The van der Waals surface area contributed by atoms with Crippen molar-refractivity contribution >= 4 is 5.71 Å². The second-order valence-corrected chi connectivity index (χ2v) is 4.70. The molecule has 3 heteroatoms. The molecule has 0 fully saturated rings. The van der Waals surface area contributed by atoms with Crippen LogP contribution in [0.5, 0.6) is 5.75 Å². The normalized spacial score (nSPS) is 18.5. The van der Waals surface area contributed by atoms with Crippen molar-refractivity contribution in [1.82, 2.24) is 0 Å². The van der Waals surface area contributed by atoms with Crippen molar-refractivity contribution in [2.24, 2.45) is 0 Å². The molecule has 19 heavy (non-hydrogen) atoms. The largest absolute Gasteiger partial charge is 0.623 e. The molecular weight excluding hydrogens is 238 g/mol. The topological polar surface area (TPSA) is 35.3 Å². The van der Waals surface area contributed by atoms with E-state index in [0.29, 0.717) is 12.3 Å². The van der Waals surface area contributed by atoms with E-state index in [-0.39, 0.29) is 6.04 Å². The third kappa shape index (κ3) is 2.08. The Labute approximate surface area is 112 Å². The number of benzene rings is 2. The monoisotopic (exact) mass is 253 g/mol. The molecule has 2 aromatic carbocycles. The lowest BCUT2D eigenvalue weighted by Gasteiger charge is -2.13. The number of hydrogen-bond donors (Lipinski definition) is 0. The molecule has 1 atom stereocenters. The molecule has 1 aliphatic heterocycles. The van der Waals surface area contributed by atoms with Gasteiger partial charge in [0, 0.05) is 12.5 Å². The van der Waals surface area contributed by atoms with Gasteiger partial charge in [-0.25, -0.2) is 0 Å². The molecule has 0 N–H and O–H groups in total. The Balaban J connectivity index is 2.25. The molecule has 0 amide bonds. The summed E-state index contributed by atoms with van der Waals surface area (Å²) in [5.41, 5.74) is 2.46. The maximum absolute atomic E-state index is 12.5. The second-order valence-electron chi connectivity index (χ2n) is 4.70. The van der Waals surface area contributed by atoms with Crippen LogP contribution in [0.2, 0.25) is 0 Å². The van der Waals surface area contributed by atoms with Crippen molar-refractivity contribution in [3.05, 3.63) is 70.9 Å². The summed E-state index contributed by atoms with van der Waals surface area (Å²) < 4.78 is 6.78. The highest BCUT2D eigenvalue weighted by Crippen LogP contribution is 2.25. The Kier molecular flexibility index (Phi) is 2.95. The predicted molar refractivity (Wildman–Crippen MR) is 74.7 cm³/mol. The highest BCUT2D eigenvalue weighted by Gasteiger charge is 2.27. The Morgan fingerprint density at radius 2 is 1.74 bits per heavy atom. The van der Waals surface area contributed by atoms with Gasteiger partial charge >= 0.3 is 0 Å². The zero-order valence-electron chi connectivity index (χ0n) is 10.7. The first-order valence-electron chi connectivity index (χ1n) is 6.38. The summed E-state index contributed by atoms with van der Waals surface area (Å²) in [5.74, 6) is 0.770. The van der Waals surface area contributed by atoms with E-state index >= 15 is 0 Å². The standard InChI is InChI=1S/C16H15NO2/c1-12-11-19-15-10-6-5-9-14(15)16(17(12)18)13-7-3-2-4-8-13/h2-10,12H,11H2,1H3. The minimum atomic E-state index is -0.206. The van der Waals surface area contributed by atoms with Crippen LogP contribution in [0.3, 0.4) is 0 Å². The van der Waals surface area contributed by atoms with Gasteiger partial charge in [0.15, 0.2) is 12.6 Å². The van der Waals surface area contributed by atoms with Crippen molar-refractivity contribution in [1.29, 1.82) is 0 Å². The maximum Gasteiger partial charge on any atom is 0.229 e. The first-order chi connectivity index (χ1) is 9.27. The summed E-state index contributed by atoms with van der Waals surface area (Å²) in [6.07, 6.45) is 0. The van der Waals surface area contributed by atoms with Crippen LogP contribution in [-0.4, -0.2) is 23.1 Å². The summed E-state index contributed by atoms with van der Waals surface area (Å²) in [7, 11) is 0. The van der Waals surface area contributed by atoms with Crippen molar-refractivity contribution in [3.8, 4) is 5.75 Å². The third-order valence-corrected chi connectivity index (χ3v) is 3.29. The maximum atomic E-state index is 12.5. The predicted octanol–water partition coefficient (Wildman–Crippen LogP) is 2.82. The molecular formula is C16H15NO2. The number of ether oxygens (including phenoxy) is 1. The van der Waals surface area contributed by atoms with Crippen LogP contribution >= 0.6 is 0 Å². The van der Waals surface area contributed by atoms with Crippen molar-refractivity contribution in [2.45, 2.75) is 13.0 Å². The van der Waals surface area contributed by atoms with Gasteiger partial charge < -0.3 is 9.94 Å². The zero-order chi connectivity index (χ0) is 13.2. The minimum absolute atomic E-state index is 0.206.